The van der Waals surface area contributed by atoms with Gasteiger partial charge in [-0.2, -0.15) is 0 Å². The molecular weight excluding hydrogens is 304 g/mol. The molecule has 0 radical (unpaired) electrons. The van der Waals surface area contributed by atoms with Crippen molar-refractivity contribution in [1.29, 1.82) is 0 Å². The minimum atomic E-state index is -3.70. The summed E-state index contributed by atoms with van der Waals surface area (Å²) in [6.45, 7) is 1.79. The largest absolute Gasteiger partial charge is 0.464 e. The van der Waals surface area contributed by atoms with Crippen molar-refractivity contribution in [3.63, 3.8) is 0 Å². The third kappa shape index (κ3) is 3.40. The van der Waals surface area contributed by atoms with Crippen LogP contribution in [-0.2, 0) is 26.4 Å². The first-order valence-electron chi connectivity index (χ1n) is 6.23. The van der Waals surface area contributed by atoms with Gasteiger partial charge in [-0.1, -0.05) is 0 Å². The average Bonchev–Trinajstić information content (AvgIpc) is 2.90. The Bertz CT molecular complexity index is 690. The fourth-order valence-corrected chi connectivity index (χ4v) is 5.41. The van der Waals surface area contributed by atoms with E-state index >= 15 is 0 Å². The van der Waals surface area contributed by atoms with Gasteiger partial charge in [0.05, 0.1) is 18.1 Å². The minimum absolute atomic E-state index is 0.0357. The Kier molecular flexibility index (Phi) is 4.24. The molecule has 0 spiro atoms. The lowest BCUT2D eigenvalue weighted by Crippen LogP contribution is -2.30. The molecule has 1 aliphatic rings. The summed E-state index contributed by atoms with van der Waals surface area (Å²) in [6, 6.07) is 1.39. The maximum absolute atomic E-state index is 12.1. The van der Waals surface area contributed by atoms with Gasteiger partial charge in [-0.3, -0.25) is 0 Å². The van der Waals surface area contributed by atoms with Crippen LogP contribution in [-0.4, -0.2) is 34.9 Å². The predicted molar refractivity (Wildman–Crippen MR) is 73.3 cm³/mol. The molecule has 1 aromatic rings. The van der Waals surface area contributed by atoms with Crippen LogP contribution in [0.3, 0.4) is 0 Å². The van der Waals surface area contributed by atoms with Crippen molar-refractivity contribution in [2.75, 3.05) is 18.1 Å². The van der Waals surface area contributed by atoms with Crippen LogP contribution in [0.2, 0.25) is 0 Å². The summed E-state index contributed by atoms with van der Waals surface area (Å²) in [4.78, 5) is 0.0544. The van der Waals surface area contributed by atoms with Crippen LogP contribution in [0.4, 0.5) is 0 Å². The SMILES string of the molecule is Cc1oc(CN)cc1S(=O)(=O)NCC1CCS(=O)(=O)C1. The van der Waals surface area contributed by atoms with E-state index < -0.39 is 19.9 Å². The lowest BCUT2D eigenvalue weighted by atomic mass is 10.1. The minimum Gasteiger partial charge on any atom is -0.464 e. The zero-order chi connectivity index (χ0) is 15.0. The normalized spacial score (nSPS) is 22.2. The van der Waals surface area contributed by atoms with Crippen molar-refractivity contribution >= 4 is 19.9 Å². The van der Waals surface area contributed by atoms with Crippen LogP contribution >= 0.6 is 0 Å². The highest BCUT2D eigenvalue weighted by Gasteiger charge is 2.29. The zero-order valence-electron chi connectivity index (χ0n) is 11.1. The Morgan fingerprint density at radius 2 is 2.20 bits per heavy atom. The van der Waals surface area contributed by atoms with Crippen LogP contribution in [0.25, 0.3) is 0 Å². The van der Waals surface area contributed by atoms with E-state index in [1.165, 1.54) is 6.07 Å². The van der Waals surface area contributed by atoms with E-state index in [0.29, 0.717) is 12.2 Å². The van der Waals surface area contributed by atoms with Gasteiger partial charge in [-0.15, -0.1) is 0 Å². The molecule has 2 rings (SSSR count). The van der Waals surface area contributed by atoms with Crippen molar-refractivity contribution in [2.24, 2.45) is 11.7 Å². The van der Waals surface area contributed by atoms with E-state index in [9.17, 15) is 16.8 Å². The fraction of sp³-hybridized carbons (Fsp3) is 0.636. The first-order chi connectivity index (χ1) is 9.23. The molecule has 1 fully saturated rings. The molecule has 0 aromatic carbocycles. The van der Waals surface area contributed by atoms with E-state index in [-0.39, 0.29) is 41.2 Å². The molecular formula is C11H18N2O5S2. The Balaban J connectivity index is 2.06. The summed E-state index contributed by atoms with van der Waals surface area (Å²) in [6.07, 6.45) is 0.489. The van der Waals surface area contributed by atoms with Crippen molar-refractivity contribution in [1.82, 2.24) is 4.72 Å². The molecule has 114 valence electrons. The first-order valence-corrected chi connectivity index (χ1v) is 9.53. The van der Waals surface area contributed by atoms with E-state index in [2.05, 4.69) is 4.72 Å². The molecule has 7 nitrogen and oxygen atoms in total. The molecule has 9 heteroatoms. The second-order valence-electron chi connectivity index (χ2n) is 4.96. The summed E-state index contributed by atoms with van der Waals surface area (Å²) in [7, 11) is -6.70. The summed E-state index contributed by atoms with van der Waals surface area (Å²) in [5, 5.41) is 0. The monoisotopic (exact) mass is 322 g/mol. The average molecular weight is 322 g/mol. The van der Waals surface area contributed by atoms with Gasteiger partial charge in [0.2, 0.25) is 10.0 Å². The van der Waals surface area contributed by atoms with E-state index in [1.807, 2.05) is 0 Å². The standard InChI is InChI=1S/C11H18N2O5S2/c1-8-11(4-10(5-12)18-8)20(16,17)13-6-9-2-3-19(14,15)7-9/h4,9,13H,2-3,5-7,12H2,1H3. The Morgan fingerprint density at radius 1 is 1.50 bits per heavy atom. The predicted octanol–water partition coefficient (Wildman–Crippen LogP) is -0.240. The maximum Gasteiger partial charge on any atom is 0.244 e. The van der Waals surface area contributed by atoms with Crippen molar-refractivity contribution in [2.45, 2.75) is 24.8 Å². The van der Waals surface area contributed by atoms with Crippen LogP contribution in [0.15, 0.2) is 15.4 Å². The highest BCUT2D eigenvalue weighted by Crippen LogP contribution is 2.21. The van der Waals surface area contributed by atoms with Gasteiger partial charge >= 0.3 is 0 Å². The van der Waals surface area contributed by atoms with Crippen molar-refractivity contribution < 1.29 is 21.3 Å². The van der Waals surface area contributed by atoms with Crippen molar-refractivity contribution in [3.05, 3.63) is 17.6 Å². The third-order valence-electron chi connectivity index (χ3n) is 3.30. The quantitative estimate of drug-likeness (QED) is 0.772. The smallest absolute Gasteiger partial charge is 0.244 e. The lowest BCUT2D eigenvalue weighted by Gasteiger charge is -2.09. The number of rotatable bonds is 5. The Morgan fingerprint density at radius 3 is 2.70 bits per heavy atom. The van der Waals surface area contributed by atoms with E-state index in [4.69, 9.17) is 10.2 Å². The molecule has 0 saturated carbocycles. The summed E-state index contributed by atoms with van der Waals surface area (Å²) in [5.74, 6) is 0.661. The van der Waals surface area contributed by atoms with Gasteiger partial charge in [-0.05, 0) is 19.3 Å². The van der Waals surface area contributed by atoms with Gasteiger partial charge in [0.25, 0.3) is 0 Å². The number of furan rings is 1. The molecule has 20 heavy (non-hydrogen) atoms. The Hall–Kier alpha value is -0.900. The molecule has 1 aromatic heterocycles. The maximum atomic E-state index is 12.1. The van der Waals surface area contributed by atoms with E-state index in [1.54, 1.807) is 6.92 Å². The van der Waals surface area contributed by atoms with Crippen LogP contribution < -0.4 is 10.5 Å². The highest BCUT2D eigenvalue weighted by atomic mass is 32.2. The molecule has 1 atom stereocenters. The molecule has 3 N–H and O–H groups in total. The lowest BCUT2D eigenvalue weighted by molar-refractivity contribution is 0.478. The number of hydrogen-bond donors (Lipinski definition) is 2. The van der Waals surface area contributed by atoms with Crippen LogP contribution in [0.1, 0.15) is 17.9 Å². The molecule has 0 amide bonds. The number of hydrogen-bond acceptors (Lipinski definition) is 6. The van der Waals surface area contributed by atoms with Gasteiger partial charge in [-0.25, -0.2) is 21.6 Å². The summed E-state index contributed by atoms with van der Waals surface area (Å²) in [5.41, 5.74) is 5.40. The number of sulfone groups is 1. The Labute approximate surface area is 118 Å². The molecule has 0 bridgehead atoms. The molecule has 1 saturated heterocycles. The number of sulfonamides is 1. The van der Waals surface area contributed by atoms with Crippen molar-refractivity contribution in [3.8, 4) is 0 Å². The van der Waals surface area contributed by atoms with Gasteiger partial charge in [0, 0.05) is 12.6 Å². The fourth-order valence-electron chi connectivity index (χ4n) is 2.23. The topological polar surface area (TPSA) is 119 Å². The molecule has 1 aliphatic heterocycles. The third-order valence-corrected chi connectivity index (χ3v) is 6.67. The number of aryl methyl sites for hydroxylation is 1. The summed E-state index contributed by atoms with van der Waals surface area (Å²) < 4.78 is 54.6. The number of nitrogens with one attached hydrogen (secondary N) is 1. The first kappa shape index (κ1) is 15.5. The number of nitrogens with two attached hydrogens (primary N) is 1. The second kappa shape index (κ2) is 5.47. The summed E-state index contributed by atoms with van der Waals surface area (Å²) >= 11 is 0. The van der Waals surface area contributed by atoms with Crippen LogP contribution in [0.5, 0.6) is 0 Å². The van der Waals surface area contributed by atoms with Gasteiger partial charge < -0.3 is 10.2 Å². The molecule has 2 heterocycles. The molecule has 1 unspecified atom stereocenters. The molecule has 0 aliphatic carbocycles. The van der Waals surface area contributed by atoms with Crippen LogP contribution in [0, 0.1) is 12.8 Å². The second-order valence-corrected chi connectivity index (χ2v) is 8.92. The van der Waals surface area contributed by atoms with Gasteiger partial charge in [0.15, 0.2) is 9.84 Å². The zero-order valence-corrected chi connectivity index (χ0v) is 12.8. The highest BCUT2D eigenvalue weighted by molar-refractivity contribution is 7.91. The van der Waals surface area contributed by atoms with Gasteiger partial charge in [0.1, 0.15) is 16.4 Å². The van der Waals surface area contributed by atoms with E-state index in [0.717, 1.165) is 0 Å².